The number of halogens is 3. The Labute approximate surface area is 155 Å². The fourth-order valence-corrected chi connectivity index (χ4v) is 4.44. The molecule has 118 valence electrons. The van der Waals surface area contributed by atoms with E-state index in [2.05, 4.69) is 27.9 Å². The van der Waals surface area contributed by atoms with Crippen LogP contribution in [0.15, 0.2) is 30.3 Å². The summed E-state index contributed by atoms with van der Waals surface area (Å²) in [4.78, 5) is 11.7. The number of nitrogens with one attached hydrogen (secondary N) is 1. The number of carboxylic acid groups (broad SMARTS) is 1. The van der Waals surface area contributed by atoms with Crippen molar-refractivity contribution in [3.05, 3.63) is 55.1 Å². The molecule has 0 radical (unpaired) electrons. The lowest BCUT2D eigenvalue weighted by atomic mass is 9.81. The second-order valence-electron chi connectivity index (χ2n) is 5.55. The summed E-state index contributed by atoms with van der Waals surface area (Å²) in [6, 6.07) is 8.34. The van der Waals surface area contributed by atoms with Crippen LogP contribution in [-0.4, -0.2) is 23.2 Å². The number of fused-ring (bicyclic) bond motifs is 5. The molecule has 4 rings (SSSR count). The minimum Gasteiger partial charge on any atom is -0.486 e. The Kier molecular flexibility index (Phi) is 3.62. The SMILES string of the molecule is O=C(O)C1Nc2cc(Cl)cc(Cl)c2C2c3cc(I)ccc3OC12. The Balaban J connectivity index is 1.97. The van der Waals surface area contributed by atoms with E-state index in [1.807, 2.05) is 18.2 Å². The summed E-state index contributed by atoms with van der Waals surface area (Å²) in [6.07, 6.45) is -0.549. The summed E-state index contributed by atoms with van der Waals surface area (Å²) in [5.74, 6) is -0.501. The molecular weight excluding hydrogens is 452 g/mol. The molecule has 2 N–H and O–H groups in total. The highest BCUT2D eigenvalue weighted by Crippen LogP contribution is 2.51. The Morgan fingerprint density at radius 3 is 2.78 bits per heavy atom. The number of hydrogen-bond donors (Lipinski definition) is 2. The van der Waals surface area contributed by atoms with Gasteiger partial charge in [-0.25, -0.2) is 4.79 Å². The average molecular weight is 462 g/mol. The molecule has 0 aromatic heterocycles. The highest BCUT2D eigenvalue weighted by Gasteiger charge is 2.48. The van der Waals surface area contributed by atoms with Crippen molar-refractivity contribution in [2.45, 2.75) is 18.1 Å². The van der Waals surface area contributed by atoms with Crippen LogP contribution in [-0.2, 0) is 4.79 Å². The normalized spacial score (nSPS) is 24.0. The van der Waals surface area contributed by atoms with E-state index in [0.29, 0.717) is 21.5 Å². The van der Waals surface area contributed by atoms with E-state index in [1.165, 1.54) is 0 Å². The number of ether oxygens (including phenoxy) is 1. The lowest BCUT2D eigenvalue weighted by Crippen LogP contribution is -2.48. The van der Waals surface area contributed by atoms with Crippen LogP contribution in [0.3, 0.4) is 0 Å². The molecule has 3 unspecified atom stereocenters. The number of carboxylic acids is 1. The first-order valence-electron chi connectivity index (χ1n) is 6.90. The highest BCUT2D eigenvalue weighted by atomic mass is 127. The van der Waals surface area contributed by atoms with Crippen LogP contribution in [0, 0.1) is 3.57 Å². The molecular formula is C16H10Cl2INO3. The Morgan fingerprint density at radius 2 is 2.04 bits per heavy atom. The van der Waals surface area contributed by atoms with Crippen molar-refractivity contribution in [1.29, 1.82) is 0 Å². The lowest BCUT2D eigenvalue weighted by Gasteiger charge is -2.34. The number of aliphatic carboxylic acids is 1. The van der Waals surface area contributed by atoms with Crippen LogP contribution >= 0.6 is 45.8 Å². The van der Waals surface area contributed by atoms with Gasteiger partial charge in [0.05, 0.1) is 5.92 Å². The van der Waals surface area contributed by atoms with Crippen molar-refractivity contribution < 1.29 is 14.6 Å². The largest absolute Gasteiger partial charge is 0.486 e. The molecule has 3 atom stereocenters. The molecule has 2 aliphatic rings. The summed E-state index contributed by atoms with van der Waals surface area (Å²) in [6.45, 7) is 0. The molecule has 2 aromatic carbocycles. The second-order valence-corrected chi connectivity index (χ2v) is 7.64. The molecule has 0 saturated heterocycles. The van der Waals surface area contributed by atoms with Crippen LogP contribution in [0.2, 0.25) is 10.0 Å². The maximum Gasteiger partial charge on any atom is 0.330 e. The smallest absolute Gasteiger partial charge is 0.330 e. The predicted octanol–water partition coefficient (Wildman–Crippen LogP) is 4.37. The number of benzene rings is 2. The van der Waals surface area contributed by atoms with Crippen LogP contribution in [0.25, 0.3) is 0 Å². The average Bonchev–Trinajstić information content (AvgIpc) is 2.84. The molecule has 0 bridgehead atoms. The number of carbonyl (C=O) groups is 1. The van der Waals surface area contributed by atoms with Gasteiger partial charge in [0.15, 0.2) is 6.04 Å². The summed E-state index contributed by atoms with van der Waals surface area (Å²) in [5.41, 5.74) is 2.44. The molecule has 23 heavy (non-hydrogen) atoms. The second kappa shape index (κ2) is 5.43. The van der Waals surface area contributed by atoms with E-state index in [4.69, 9.17) is 27.9 Å². The van der Waals surface area contributed by atoms with Crippen molar-refractivity contribution in [2.75, 3.05) is 5.32 Å². The molecule has 0 aliphatic carbocycles. The third-order valence-corrected chi connectivity index (χ3v) is 5.41. The van der Waals surface area contributed by atoms with Gasteiger partial charge in [0.1, 0.15) is 11.9 Å². The van der Waals surface area contributed by atoms with Crippen LogP contribution in [0.4, 0.5) is 5.69 Å². The van der Waals surface area contributed by atoms with E-state index in [1.54, 1.807) is 12.1 Å². The Morgan fingerprint density at radius 1 is 1.26 bits per heavy atom. The van der Waals surface area contributed by atoms with Gasteiger partial charge < -0.3 is 15.2 Å². The van der Waals surface area contributed by atoms with Crippen molar-refractivity contribution in [2.24, 2.45) is 0 Å². The van der Waals surface area contributed by atoms with Crippen molar-refractivity contribution in [3.8, 4) is 5.75 Å². The minimum absolute atomic E-state index is 0.234. The fourth-order valence-electron chi connectivity index (χ4n) is 3.31. The van der Waals surface area contributed by atoms with Crippen LogP contribution < -0.4 is 10.1 Å². The molecule has 0 spiro atoms. The molecule has 2 heterocycles. The van der Waals surface area contributed by atoms with Crippen molar-refractivity contribution in [3.63, 3.8) is 0 Å². The number of anilines is 1. The highest BCUT2D eigenvalue weighted by molar-refractivity contribution is 14.1. The topological polar surface area (TPSA) is 58.6 Å². The van der Waals surface area contributed by atoms with Crippen LogP contribution in [0.1, 0.15) is 17.0 Å². The number of rotatable bonds is 1. The molecule has 2 aromatic rings. The maximum atomic E-state index is 11.7. The van der Waals surface area contributed by atoms with E-state index in [-0.39, 0.29) is 5.92 Å². The Hall–Kier alpha value is -1.18. The predicted molar refractivity (Wildman–Crippen MR) is 96.9 cm³/mol. The summed E-state index contributed by atoms with van der Waals surface area (Å²) >= 11 is 14.7. The van der Waals surface area contributed by atoms with Gasteiger partial charge in [0.25, 0.3) is 0 Å². The van der Waals surface area contributed by atoms with Crippen molar-refractivity contribution in [1.82, 2.24) is 0 Å². The summed E-state index contributed by atoms with van der Waals surface area (Å²) < 4.78 is 7.00. The fraction of sp³-hybridized carbons (Fsp3) is 0.188. The van der Waals surface area contributed by atoms with E-state index in [9.17, 15) is 9.90 Å². The molecule has 0 amide bonds. The van der Waals surface area contributed by atoms with Gasteiger partial charge in [-0.3, -0.25) is 0 Å². The first-order chi connectivity index (χ1) is 11.0. The monoisotopic (exact) mass is 461 g/mol. The van der Waals surface area contributed by atoms with Crippen LogP contribution in [0.5, 0.6) is 5.75 Å². The van der Waals surface area contributed by atoms with E-state index < -0.39 is 18.1 Å². The van der Waals surface area contributed by atoms with Gasteiger partial charge in [0.2, 0.25) is 0 Å². The van der Waals surface area contributed by atoms with Gasteiger partial charge in [-0.05, 0) is 52.9 Å². The zero-order valence-electron chi connectivity index (χ0n) is 11.5. The maximum absolute atomic E-state index is 11.7. The van der Waals surface area contributed by atoms with E-state index in [0.717, 1.165) is 14.7 Å². The summed E-state index contributed by atoms with van der Waals surface area (Å²) in [7, 11) is 0. The third-order valence-electron chi connectivity index (χ3n) is 4.21. The molecule has 2 aliphatic heterocycles. The zero-order valence-corrected chi connectivity index (χ0v) is 15.2. The lowest BCUT2D eigenvalue weighted by molar-refractivity contribution is -0.140. The third kappa shape index (κ3) is 2.37. The molecule has 7 heteroatoms. The summed E-state index contributed by atoms with van der Waals surface area (Å²) in [5, 5.41) is 13.5. The zero-order chi connectivity index (χ0) is 16.3. The first-order valence-corrected chi connectivity index (χ1v) is 8.73. The van der Waals surface area contributed by atoms with Gasteiger partial charge in [-0.15, -0.1) is 0 Å². The van der Waals surface area contributed by atoms with Gasteiger partial charge in [0, 0.05) is 30.4 Å². The quantitative estimate of drug-likeness (QED) is 0.619. The van der Waals surface area contributed by atoms with Crippen molar-refractivity contribution >= 4 is 57.4 Å². The van der Waals surface area contributed by atoms with Gasteiger partial charge in [-0.1, -0.05) is 23.2 Å². The Bertz CT molecular complexity index is 842. The molecule has 4 nitrogen and oxygen atoms in total. The van der Waals surface area contributed by atoms with Gasteiger partial charge >= 0.3 is 5.97 Å². The van der Waals surface area contributed by atoms with E-state index >= 15 is 0 Å². The van der Waals surface area contributed by atoms with Gasteiger partial charge in [-0.2, -0.15) is 0 Å². The first kappa shape index (κ1) is 15.4. The minimum atomic E-state index is -0.968. The molecule has 0 saturated carbocycles. The number of hydrogen-bond acceptors (Lipinski definition) is 3. The molecule has 0 fully saturated rings. The standard InChI is InChI=1S/C16H10Cl2INO3/c17-6-3-9(18)13-10(4-6)20-14(16(21)22)15-12(13)8-5-7(19)1-2-11(8)23-15/h1-5,12,14-15,20H,(H,21,22).